The van der Waals surface area contributed by atoms with Gasteiger partial charge in [-0.2, -0.15) is 5.10 Å². The van der Waals surface area contributed by atoms with Crippen molar-refractivity contribution in [2.75, 3.05) is 13.7 Å². The van der Waals surface area contributed by atoms with Crippen LogP contribution >= 0.6 is 0 Å². The molecule has 2 unspecified atom stereocenters. The SMILES string of the molecule is CCOC(=O)N1C2CCC1CC(=NNC(=O)OC)C2. The molecule has 0 radical (unpaired) electrons. The van der Waals surface area contributed by atoms with Crippen molar-refractivity contribution < 1.29 is 19.1 Å². The van der Waals surface area contributed by atoms with E-state index in [0.717, 1.165) is 18.6 Å². The Morgan fingerprint density at radius 2 is 2.00 bits per heavy atom. The van der Waals surface area contributed by atoms with Crippen LogP contribution in [0.2, 0.25) is 0 Å². The third kappa shape index (κ3) is 2.97. The topological polar surface area (TPSA) is 80.2 Å². The molecule has 2 fully saturated rings. The molecule has 7 nitrogen and oxygen atoms in total. The largest absolute Gasteiger partial charge is 0.452 e. The quantitative estimate of drug-likeness (QED) is 0.770. The first kappa shape index (κ1) is 13.6. The van der Waals surface area contributed by atoms with E-state index < -0.39 is 6.09 Å². The number of nitrogens with one attached hydrogen (secondary N) is 1. The van der Waals surface area contributed by atoms with E-state index in [1.807, 2.05) is 4.90 Å². The Balaban J connectivity index is 1.97. The molecule has 0 aromatic carbocycles. The normalized spacial score (nSPS) is 24.9. The predicted octanol–water partition coefficient (Wildman–Crippen LogP) is 1.48. The average molecular weight is 269 g/mol. The van der Waals surface area contributed by atoms with Crippen molar-refractivity contribution in [3.05, 3.63) is 0 Å². The van der Waals surface area contributed by atoms with Crippen molar-refractivity contribution in [2.24, 2.45) is 5.10 Å². The summed E-state index contributed by atoms with van der Waals surface area (Å²) in [4.78, 5) is 24.6. The van der Waals surface area contributed by atoms with Gasteiger partial charge >= 0.3 is 12.2 Å². The molecule has 2 atom stereocenters. The van der Waals surface area contributed by atoms with Crippen LogP contribution in [0.3, 0.4) is 0 Å². The molecule has 2 saturated heterocycles. The van der Waals surface area contributed by atoms with Crippen molar-refractivity contribution >= 4 is 17.9 Å². The number of carbonyl (C=O) groups is 2. The molecule has 2 heterocycles. The molecule has 19 heavy (non-hydrogen) atoms. The summed E-state index contributed by atoms with van der Waals surface area (Å²) in [5.41, 5.74) is 3.23. The van der Waals surface area contributed by atoms with Gasteiger partial charge in [0.15, 0.2) is 0 Å². The summed E-state index contributed by atoms with van der Waals surface area (Å²) >= 11 is 0. The Bertz CT molecular complexity index is 380. The molecule has 0 aliphatic carbocycles. The number of fused-ring (bicyclic) bond motifs is 2. The number of carbonyl (C=O) groups excluding carboxylic acids is 2. The van der Waals surface area contributed by atoms with Gasteiger partial charge in [-0.25, -0.2) is 15.0 Å². The Labute approximate surface area is 111 Å². The average Bonchev–Trinajstić information content (AvgIpc) is 2.67. The minimum absolute atomic E-state index is 0.135. The van der Waals surface area contributed by atoms with Gasteiger partial charge < -0.3 is 14.4 Å². The zero-order valence-electron chi connectivity index (χ0n) is 11.2. The highest BCUT2D eigenvalue weighted by Crippen LogP contribution is 2.34. The Kier molecular flexibility index (Phi) is 4.24. The van der Waals surface area contributed by atoms with Crippen LogP contribution in [0.5, 0.6) is 0 Å². The summed E-state index contributed by atoms with van der Waals surface area (Å²) < 4.78 is 9.53. The van der Waals surface area contributed by atoms with Crippen LogP contribution < -0.4 is 5.43 Å². The number of piperidine rings is 1. The molecule has 7 heteroatoms. The van der Waals surface area contributed by atoms with E-state index in [0.29, 0.717) is 19.4 Å². The highest BCUT2D eigenvalue weighted by molar-refractivity contribution is 5.89. The van der Waals surface area contributed by atoms with Crippen molar-refractivity contribution in [3.8, 4) is 0 Å². The van der Waals surface area contributed by atoms with Crippen LogP contribution in [0.25, 0.3) is 0 Å². The lowest BCUT2D eigenvalue weighted by atomic mass is 10.0. The van der Waals surface area contributed by atoms with Crippen molar-refractivity contribution in [2.45, 2.75) is 44.7 Å². The lowest BCUT2D eigenvalue weighted by Crippen LogP contribution is -2.47. The summed E-state index contributed by atoms with van der Waals surface area (Å²) in [5.74, 6) is 0. The first-order valence-electron chi connectivity index (χ1n) is 6.50. The fourth-order valence-electron chi connectivity index (χ4n) is 2.75. The van der Waals surface area contributed by atoms with E-state index in [1.165, 1.54) is 7.11 Å². The minimum atomic E-state index is -0.576. The molecular weight excluding hydrogens is 250 g/mol. The Morgan fingerprint density at radius 3 is 2.53 bits per heavy atom. The number of hydrazone groups is 1. The van der Waals surface area contributed by atoms with Crippen LogP contribution in [-0.4, -0.2) is 48.6 Å². The molecule has 2 bridgehead atoms. The molecule has 0 aromatic heterocycles. The smallest absolute Gasteiger partial charge is 0.427 e. The van der Waals surface area contributed by atoms with E-state index in [4.69, 9.17) is 4.74 Å². The molecule has 1 N–H and O–H groups in total. The molecule has 0 spiro atoms. The maximum atomic E-state index is 11.9. The third-order valence-electron chi connectivity index (χ3n) is 3.53. The maximum absolute atomic E-state index is 11.9. The van der Waals surface area contributed by atoms with Gasteiger partial charge in [0.05, 0.1) is 13.7 Å². The second-order valence-electron chi connectivity index (χ2n) is 4.68. The highest BCUT2D eigenvalue weighted by atomic mass is 16.6. The van der Waals surface area contributed by atoms with Crippen molar-refractivity contribution in [1.82, 2.24) is 10.3 Å². The number of hydrogen-bond acceptors (Lipinski definition) is 5. The van der Waals surface area contributed by atoms with Crippen LogP contribution in [0, 0.1) is 0 Å². The summed E-state index contributed by atoms with van der Waals surface area (Å²) in [6.07, 6.45) is 2.46. The van der Waals surface area contributed by atoms with E-state index in [-0.39, 0.29) is 18.2 Å². The summed E-state index contributed by atoms with van der Waals surface area (Å²) in [6.45, 7) is 2.19. The van der Waals surface area contributed by atoms with E-state index in [2.05, 4.69) is 15.3 Å². The molecule has 0 saturated carbocycles. The fourth-order valence-corrected chi connectivity index (χ4v) is 2.75. The van der Waals surface area contributed by atoms with Crippen LogP contribution in [0.1, 0.15) is 32.6 Å². The fraction of sp³-hybridized carbons (Fsp3) is 0.750. The number of rotatable bonds is 2. The zero-order chi connectivity index (χ0) is 13.8. The predicted molar refractivity (Wildman–Crippen MR) is 67.9 cm³/mol. The third-order valence-corrected chi connectivity index (χ3v) is 3.53. The van der Waals surface area contributed by atoms with Gasteiger partial charge in [0, 0.05) is 30.6 Å². The van der Waals surface area contributed by atoms with E-state index in [9.17, 15) is 9.59 Å². The van der Waals surface area contributed by atoms with Crippen LogP contribution in [0.4, 0.5) is 9.59 Å². The first-order valence-corrected chi connectivity index (χ1v) is 6.50. The molecule has 2 amide bonds. The molecule has 2 rings (SSSR count). The first-order chi connectivity index (χ1) is 9.15. The zero-order valence-corrected chi connectivity index (χ0v) is 11.2. The molecule has 2 aliphatic heterocycles. The maximum Gasteiger partial charge on any atom is 0.427 e. The number of ether oxygens (including phenoxy) is 2. The summed E-state index contributed by atoms with van der Waals surface area (Å²) in [6, 6.07) is 0.270. The van der Waals surface area contributed by atoms with E-state index in [1.54, 1.807) is 6.92 Å². The van der Waals surface area contributed by atoms with Gasteiger partial charge in [0.1, 0.15) is 0 Å². The molecular formula is C12H19N3O4. The standard InChI is InChI=1S/C12H19N3O4/c1-3-19-12(17)15-9-4-5-10(15)7-8(6-9)13-14-11(16)18-2/h9-10H,3-7H2,1-2H3,(H,14,16). The van der Waals surface area contributed by atoms with Gasteiger partial charge in [0.2, 0.25) is 0 Å². The monoisotopic (exact) mass is 269 g/mol. The van der Waals surface area contributed by atoms with E-state index >= 15 is 0 Å². The van der Waals surface area contributed by atoms with Gasteiger partial charge in [-0.05, 0) is 19.8 Å². The highest BCUT2D eigenvalue weighted by Gasteiger charge is 2.42. The minimum Gasteiger partial charge on any atom is -0.452 e. The van der Waals surface area contributed by atoms with Crippen LogP contribution in [-0.2, 0) is 9.47 Å². The van der Waals surface area contributed by atoms with Gasteiger partial charge in [0.25, 0.3) is 0 Å². The second-order valence-corrected chi connectivity index (χ2v) is 4.68. The number of nitrogens with zero attached hydrogens (tertiary/aromatic N) is 2. The van der Waals surface area contributed by atoms with Gasteiger partial charge in [-0.1, -0.05) is 0 Å². The Hall–Kier alpha value is -1.79. The van der Waals surface area contributed by atoms with Crippen molar-refractivity contribution in [3.63, 3.8) is 0 Å². The molecule has 0 aromatic rings. The summed E-state index contributed by atoms with van der Waals surface area (Å²) in [7, 11) is 1.29. The lowest BCUT2D eigenvalue weighted by molar-refractivity contribution is 0.0860. The second kappa shape index (κ2) is 5.90. The summed E-state index contributed by atoms with van der Waals surface area (Å²) in [5, 5.41) is 4.05. The van der Waals surface area contributed by atoms with Crippen LogP contribution in [0.15, 0.2) is 5.10 Å². The van der Waals surface area contributed by atoms with Gasteiger partial charge in [-0.15, -0.1) is 0 Å². The lowest BCUT2D eigenvalue weighted by Gasteiger charge is -2.34. The number of amides is 2. The van der Waals surface area contributed by atoms with Crippen molar-refractivity contribution in [1.29, 1.82) is 0 Å². The number of methoxy groups -OCH3 is 1. The number of hydrogen-bond donors (Lipinski definition) is 1. The molecule has 2 aliphatic rings. The Morgan fingerprint density at radius 1 is 1.37 bits per heavy atom. The van der Waals surface area contributed by atoms with Gasteiger partial charge in [-0.3, -0.25) is 0 Å². The molecule has 106 valence electrons.